The van der Waals surface area contributed by atoms with E-state index in [9.17, 15) is 0 Å². The van der Waals surface area contributed by atoms with Crippen LogP contribution in [0.4, 0.5) is 0 Å². The van der Waals surface area contributed by atoms with E-state index in [1.165, 1.54) is 69.8 Å². The lowest BCUT2D eigenvalue weighted by Crippen LogP contribution is -2.25. The normalized spacial score (nSPS) is 25.4. The third-order valence-electron chi connectivity index (χ3n) is 9.60. The maximum Gasteiger partial charge on any atom is 0.00543 e. The van der Waals surface area contributed by atoms with Gasteiger partial charge in [-0.1, -0.05) is 124 Å². The molecule has 0 N–H and O–H groups in total. The molecule has 0 aliphatic heterocycles. The van der Waals surface area contributed by atoms with Crippen LogP contribution in [0.3, 0.4) is 0 Å². The molecule has 4 aliphatic rings. The monoisotopic (exact) mass is 502 g/mol. The summed E-state index contributed by atoms with van der Waals surface area (Å²) in [5.74, 6) is 2.93. The molecule has 0 radical (unpaired) electrons. The summed E-state index contributed by atoms with van der Waals surface area (Å²) in [7, 11) is -0.114. The zero-order valence-electron chi connectivity index (χ0n) is 24.0. The van der Waals surface area contributed by atoms with E-state index < -0.39 is 0 Å². The number of hydrogen-bond donors (Lipinski definition) is 0. The molecule has 5 rings (SSSR count). The van der Waals surface area contributed by atoms with Crippen molar-refractivity contribution in [1.82, 2.24) is 0 Å². The van der Waals surface area contributed by atoms with Crippen LogP contribution in [-0.4, -0.2) is 11.3 Å². The van der Waals surface area contributed by atoms with Crippen LogP contribution in [0, 0.1) is 11.8 Å². The highest BCUT2D eigenvalue weighted by Crippen LogP contribution is 2.66. The number of benzene rings is 1. The molecule has 4 aliphatic carbocycles. The Hall–Kier alpha value is -1.13. The lowest BCUT2D eigenvalue weighted by atomic mass is 9.74. The molecule has 2 fully saturated rings. The van der Waals surface area contributed by atoms with E-state index in [0.717, 1.165) is 11.3 Å². The molecular formula is C35H51P. The first-order valence-electron chi connectivity index (χ1n) is 15.4. The van der Waals surface area contributed by atoms with Gasteiger partial charge in [0, 0.05) is 11.8 Å². The van der Waals surface area contributed by atoms with Gasteiger partial charge in [0.2, 0.25) is 0 Å². The highest BCUT2D eigenvalue weighted by Gasteiger charge is 2.39. The zero-order chi connectivity index (χ0) is 25.4. The summed E-state index contributed by atoms with van der Waals surface area (Å²) in [6, 6.07) is 5.17. The van der Waals surface area contributed by atoms with Gasteiger partial charge in [-0.05, 0) is 87.9 Å². The van der Waals surface area contributed by atoms with Crippen LogP contribution in [0.25, 0.3) is 5.57 Å². The highest BCUT2D eigenvalue weighted by atomic mass is 31.1. The van der Waals surface area contributed by atoms with E-state index in [4.69, 9.17) is 0 Å². The van der Waals surface area contributed by atoms with Crippen LogP contribution in [0.15, 0.2) is 41.8 Å². The maximum absolute atomic E-state index is 2.81. The summed E-state index contributed by atoms with van der Waals surface area (Å²) in [6.07, 6.45) is 25.2. The molecule has 1 aromatic rings. The number of rotatable bonds is 7. The Morgan fingerprint density at radius 3 is 1.50 bits per heavy atom. The molecule has 0 amide bonds. The summed E-state index contributed by atoms with van der Waals surface area (Å²) in [5.41, 5.74) is 9.94. The molecule has 0 spiro atoms. The van der Waals surface area contributed by atoms with Crippen LogP contribution in [0.1, 0.15) is 146 Å². The minimum absolute atomic E-state index is 0.114. The van der Waals surface area contributed by atoms with E-state index in [2.05, 4.69) is 78.0 Å². The zero-order valence-corrected chi connectivity index (χ0v) is 24.9. The Labute approximate surface area is 223 Å². The van der Waals surface area contributed by atoms with Gasteiger partial charge in [-0.3, -0.25) is 0 Å². The molecule has 0 aromatic heterocycles. The summed E-state index contributed by atoms with van der Waals surface area (Å²) in [4.78, 5) is 0. The third kappa shape index (κ3) is 5.23. The molecule has 0 saturated heterocycles. The van der Waals surface area contributed by atoms with E-state index in [1.54, 1.807) is 22.3 Å². The minimum atomic E-state index is -0.114. The second-order valence-corrected chi connectivity index (χ2v) is 16.0. The van der Waals surface area contributed by atoms with Crippen molar-refractivity contribution in [3.63, 3.8) is 0 Å². The van der Waals surface area contributed by atoms with Gasteiger partial charge in [0.15, 0.2) is 0 Å². The summed E-state index contributed by atoms with van der Waals surface area (Å²) in [6.45, 7) is 14.4. The van der Waals surface area contributed by atoms with Crippen molar-refractivity contribution in [3.8, 4) is 0 Å². The van der Waals surface area contributed by atoms with Crippen molar-refractivity contribution in [2.45, 2.75) is 135 Å². The molecule has 0 bridgehead atoms. The average Bonchev–Trinajstić information content (AvgIpc) is 2.86. The van der Waals surface area contributed by atoms with Gasteiger partial charge >= 0.3 is 0 Å². The second kappa shape index (κ2) is 11.3. The van der Waals surface area contributed by atoms with E-state index in [-0.39, 0.29) is 7.92 Å². The number of hydrogen-bond acceptors (Lipinski definition) is 0. The quantitative estimate of drug-likeness (QED) is 0.257. The van der Waals surface area contributed by atoms with Gasteiger partial charge in [-0.25, -0.2) is 0 Å². The fourth-order valence-electron chi connectivity index (χ4n) is 7.36. The fraction of sp³-hybridized carbons (Fsp3) is 0.657. The topological polar surface area (TPSA) is 0 Å². The van der Waals surface area contributed by atoms with Gasteiger partial charge in [0.05, 0.1) is 0 Å². The van der Waals surface area contributed by atoms with E-state index in [0.29, 0.717) is 29.6 Å². The van der Waals surface area contributed by atoms with Gasteiger partial charge in [-0.15, -0.1) is 0 Å². The molecule has 1 aromatic carbocycles. The first kappa shape index (κ1) is 26.5. The predicted octanol–water partition coefficient (Wildman–Crippen LogP) is 11.3. The van der Waals surface area contributed by atoms with Crippen LogP contribution < -0.4 is 0 Å². The Kier molecular flexibility index (Phi) is 8.32. The average molecular weight is 503 g/mol. The van der Waals surface area contributed by atoms with Crippen molar-refractivity contribution in [2.75, 3.05) is 0 Å². The Morgan fingerprint density at radius 2 is 1.08 bits per heavy atom. The number of allylic oxidation sites excluding steroid dienone is 6. The Balaban J connectivity index is 1.68. The molecule has 2 saturated carbocycles. The maximum atomic E-state index is 2.81. The van der Waals surface area contributed by atoms with Gasteiger partial charge in [0.25, 0.3) is 0 Å². The van der Waals surface area contributed by atoms with Crippen LogP contribution >= 0.6 is 7.92 Å². The number of fused-ring (bicyclic) bond motifs is 1. The minimum Gasteiger partial charge on any atom is -0.0801 e. The molecule has 0 heterocycles. The first-order valence-corrected chi connectivity index (χ1v) is 16.9. The Bertz CT molecular complexity index is 960. The lowest BCUT2D eigenvalue weighted by Gasteiger charge is -2.44. The second-order valence-electron chi connectivity index (χ2n) is 13.2. The van der Waals surface area contributed by atoms with Crippen LogP contribution in [0.5, 0.6) is 0 Å². The van der Waals surface area contributed by atoms with Crippen molar-refractivity contribution < 1.29 is 0 Å². The van der Waals surface area contributed by atoms with Crippen molar-refractivity contribution in [1.29, 1.82) is 0 Å². The molecular weight excluding hydrogens is 451 g/mol. The summed E-state index contributed by atoms with van der Waals surface area (Å²) >= 11 is 0. The molecule has 0 nitrogen and oxygen atoms in total. The van der Waals surface area contributed by atoms with Crippen LogP contribution in [0.2, 0.25) is 0 Å². The van der Waals surface area contributed by atoms with Crippen molar-refractivity contribution in [2.24, 2.45) is 11.8 Å². The lowest BCUT2D eigenvalue weighted by molar-refractivity contribution is 0.486. The first-order chi connectivity index (χ1) is 17.3. The molecule has 196 valence electrons. The third-order valence-corrected chi connectivity index (χ3v) is 13.2. The van der Waals surface area contributed by atoms with Crippen LogP contribution in [-0.2, 0) is 0 Å². The molecule has 1 unspecified atom stereocenters. The standard InChI is InChI=1S/C35H51P/c1-23(2)28-20-31(24(3)4)35(32(21-28)25(5)6)33-19-26-17-18-27(26)22-34(33)36(29-13-9-7-10-14-29)30-15-11-8-12-16-30/h17-27,29-30H,7-16H2,1-6H3/t26?,27-/m1/s1. The molecule has 1 heteroatoms. The smallest absolute Gasteiger partial charge is 0.00543 e. The predicted molar refractivity (Wildman–Crippen MR) is 162 cm³/mol. The highest BCUT2D eigenvalue weighted by molar-refractivity contribution is 7.64. The molecule has 2 atom stereocenters. The molecule has 36 heavy (non-hydrogen) atoms. The largest absolute Gasteiger partial charge is 0.0801 e. The van der Waals surface area contributed by atoms with Crippen molar-refractivity contribution in [3.05, 3.63) is 64.0 Å². The van der Waals surface area contributed by atoms with Gasteiger partial charge in [-0.2, -0.15) is 0 Å². The fourth-order valence-corrected chi connectivity index (χ4v) is 11.4. The van der Waals surface area contributed by atoms with Crippen molar-refractivity contribution >= 4 is 13.5 Å². The SMILES string of the molecule is CC(C)c1cc(C(C)C)c(C2=CC3C=C[C@@H]3C=C2P(C2CCCCC2)C2CCCCC2)c(C(C)C)c1. The van der Waals surface area contributed by atoms with Gasteiger partial charge < -0.3 is 0 Å². The Morgan fingerprint density at radius 1 is 0.611 bits per heavy atom. The summed E-state index contributed by atoms with van der Waals surface area (Å²) in [5, 5.41) is 1.83. The van der Waals surface area contributed by atoms with E-state index >= 15 is 0 Å². The summed E-state index contributed by atoms with van der Waals surface area (Å²) < 4.78 is 0. The van der Waals surface area contributed by atoms with E-state index in [1.807, 2.05) is 5.31 Å². The van der Waals surface area contributed by atoms with Gasteiger partial charge in [0.1, 0.15) is 0 Å².